The van der Waals surface area contributed by atoms with Gasteiger partial charge in [-0.05, 0) is 36.8 Å². The maximum atomic E-state index is 9.32. The van der Waals surface area contributed by atoms with E-state index >= 15 is 0 Å². The molecular weight excluding hydrogens is 282 g/mol. The summed E-state index contributed by atoms with van der Waals surface area (Å²) in [6.45, 7) is 1.98. The molecule has 3 rings (SSSR count). The summed E-state index contributed by atoms with van der Waals surface area (Å²) >= 11 is 5.98. The van der Waals surface area contributed by atoms with Gasteiger partial charge in [0.1, 0.15) is 6.07 Å². The molecule has 0 spiro atoms. The molecule has 21 heavy (non-hydrogen) atoms. The summed E-state index contributed by atoms with van der Waals surface area (Å²) < 4.78 is 0. The van der Waals surface area contributed by atoms with Crippen molar-refractivity contribution in [2.75, 3.05) is 5.32 Å². The molecule has 1 N–H and O–H groups in total. The van der Waals surface area contributed by atoms with Crippen molar-refractivity contribution in [1.82, 2.24) is 4.98 Å². The monoisotopic (exact) mass is 293 g/mol. The van der Waals surface area contributed by atoms with Crippen molar-refractivity contribution in [3.05, 3.63) is 64.8 Å². The molecule has 1 heterocycles. The number of aromatic nitrogens is 1. The smallest absolute Gasteiger partial charge is 0.103 e. The molecule has 0 saturated carbocycles. The van der Waals surface area contributed by atoms with Crippen molar-refractivity contribution in [3.63, 3.8) is 0 Å². The van der Waals surface area contributed by atoms with Crippen molar-refractivity contribution < 1.29 is 0 Å². The van der Waals surface area contributed by atoms with Crippen molar-refractivity contribution in [2.24, 2.45) is 0 Å². The summed E-state index contributed by atoms with van der Waals surface area (Å²) in [6, 6.07) is 15.6. The van der Waals surface area contributed by atoms with Crippen LogP contribution in [-0.2, 0) is 0 Å². The Morgan fingerprint density at radius 2 is 2.00 bits per heavy atom. The number of benzene rings is 2. The number of aryl methyl sites for hydroxylation is 1. The fraction of sp³-hybridized carbons (Fsp3) is 0.0588. The number of nitrogens with zero attached hydrogens (tertiary/aromatic N) is 2. The van der Waals surface area contributed by atoms with Crippen LogP contribution in [0.1, 0.15) is 11.1 Å². The van der Waals surface area contributed by atoms with Crippen LogP contribution in [0.5, 0.6) is 0 Å². The maximum absolute atomic E-state index is 9.32. The number of hydrogen-bond donors (Lipinski definition) is 1. The highest BCUT2D eigenvalue weighted by Gasteiger charge is 2.10. The lowest BCUT2D eigenvalue weighted by atomic mass is 10.1. The molecule has 0 atom stereocenters. The van der Waals surface area contributed by atoms with Gasteiger partial charge in [-0.1, -0.05) is 29.8 Å². The van der Waals surface area contributed by atoms with Crippen molar-refractivity contribution in [1.29, 1.82) is 5.26 Å². The lowest BCUT2D eigenvalue weighted by molar-refractivity contribution is 1.35. The molecule has 0 aliphatic heterocycles. The van der Waals surface area contributed by atoms with Crippen molar-refractivity contribution in [2.45, 2.75) is 6.92 Å². The summed E-state index contributed by atoms with van der Waals surface area (Å²) in [4.78, 5) is 4.31. The normalized spacial score (nSPS) is 10.3. The van der Waals surface area contributed by atoms with Crippen molar-refractivity contribution in [3.8, 4) is 6.07 Å². The van der Waals surface area contributed by atoms with Crippen LogP contribution >= 0.6 is 11.6 Å². The van der Waals surface area contributed by atoms with Gasteiger partial charge < -0.3 is 5.32 Å². The van der Waals surface area contributed by atoms with Gasteiger partial charge in [0, 0.05) is 22.3 Å². The maximum Gasteiger partial charge on any atom is 0.103 e. The van der Waals surface area contributed by atoms with E-state index in [0.717, 1.165) is 27.8 Å². The molecular formula is C17H12ClN3. The average molecular weight is 294 g/mol. The fourth-order valence-electron chi connectivity index (χ4n) is 2.26. The van der Waals surface area contributed by atoms with E-state index in [4.69, 9.17) is 11.6 Å². The number of pyridine rings is 1. The van der Waals surface area contributed by atoms with E-state index in [0.29, 0.717) is 10.6 Å². The van der Waals surface area contributed by atoms with Gasteiger partial charge in [0.05, 0.1) is 16.8 Å². The third-order valence-electron chi connectivity index (χ3n) is 3.34. The lowest BCUT2D eigenvalue weighted by Gasteiger charge is -2.13. The molecule has 0 amide bonds. The summed E-state index contributed by atoms with van der Waals surface area (Å²) in [6.07, 6.45) is 1.59. The predicted molar refractivity (Wildman–Crippen MR) is 85.9 cm³/mol. The van der Waals surface area contributed by atoms with Gasteiger partial charge in [-0.2, -0.15) is 5.26 Å². The minimum atomic E-state index is 0.517. The van der Waals surface area contributed by atoms with Crippen LogP contribution in [0.4, 0.5) is 11.4 Å². The van der Waals surface area contributed by atoms with Crippen LogP contribution in [0.25, 0.3) is 10.9 Å². The van der Waals surface area contributed by atoms with E-state index in [1.54, 1.807) is 6.20 Å². The number of anilines is 2. The van der Waals surface area contributed by atoms with Gasteiger partial charge in [-0.3, -0.25) is 4.98 Å². The van der Waals surface area contributed by atoms with Crippen LogP contribution in [0.2, 0.25) is 5.02 Å². The number of nitriles is 1. The fourth-order valence-corrected chi connectivity index (χ4v) is 2.49. The average Bonchev–Trinajstić information content (AvgIpc) is 2.50. The van der Waals surface area contributed by atoms with E-state index in [2.05, 4.69) is 16.4 Å². The van der Waals surface area contributed by atoms with E-state index in [-0.39, 0.29) is 0 Å². The van der Waals surface area contributed by atoms with Gasteiger partial charge in [0.2, 0.25) is 0 Å². The number of para-hydroxylation sites is 1. The topological polar surface area (TPSA) is 48.7 Å². The largest absolute Gasteiger partial charge is 0.354 e. The number of fused-ring (bicyclic) bond motifs is 1. The Hall–Kier alpha value is -2.57. The molecule has 1 aromatic heterocycles. The molecule has 3 nitrogen and oxygen atoms in total. The minimum Gasteiger partial charge on any atom is -0.354 e. The molecule has 0 aliphatic carbocycles. The first kappa shape index (κ1) is 13.4. The zero-order valence-electron chi connectivity index (χ0n) is 11.4. The zero-order chi connectivity index (χ0) is 14.8. The SMILES string of the molecule is Cc1cc(Cl)ccc1Nc1c(C#N)cnc2ccccc12. The zero-order valence-corrected chi connectivity index (χ0v) is 12.1. The predicted octanol–water partition coefficient (Wildman–Crippen LogP) is 4.81. The van der Waals surface area contributed by atoms with Crippen LogP contribution in [-0.4, -0.2) is 4.98 Å². The molecule has 0 saturated heterocycles. The van der Waals surface area contributed by atoms with Crippen LogP contribution in [0, 0.1) is 18.3 Å². The number of halogens is 1. The van der Waals surface area contributed by atoms with E-state index in [1.165, 1.54) is 0 Å². The second-order valence-corrected chi connectivity index (χ2v) is 5.20. The van der Waals surface area contributed by atoms with Gasteiger partial charge >= 0.3 is 0 Å². The molecule has 3 aromatic rings. The van der Waals surface area contributed by atoms with Crippen LogP contribution < -0.4 is 5.32 Å². The lowest BCUT2D eigenvalue weighted by Crippen LogP contribution is -1.98. The van der Waals surface area contributed by atoms with Gasteiger partial charge in [-0.25, -0.2) is 0 Å². The van der Waals surface area contributed by atoms with E-state index in [9.17, 15) is 5.26 Å². The van der Waals surface area contributed by atoms with Gasteiger partial charge in [0.25, 0.3) is 0 Å². The molecule has 0 aliphatic rings. The number of rotatable bonds is 2. The Bertz CT molecular complexity index is 866. The number of nitrogens with one attached hydrogen (secondary N) is 1. The molecule has 0 unspecified atom stereocenters. The molecule has 2 aromatic carbocycles. The summed E-state index contributed by atoms with van der Waals surface area (Å²) in [5.74, 6) is 0. The first-order valence-corrected chi connectivity index (χ1v) is 6.88. The number of hydrogen-bond acceptors (Lipinski definition) is 3. The highest BCUT2D eigenvalue weighted by molar-refractivity contribution is 6.30. The second kappa shape index (κ2) is 5.43. The van der Waals surface area contributed by atoms with Gasteiger partial charge in [0.15, 0.2) is 0 Å². The Balaban J connectivity index is 2.17. The summed E-state index contributed by atoms with van der Waals surface area (Å²) in [5, 5.41) is 14.3. The molecule has 102 valence electrons. The Morgan fingerprint density at radius 3 is 2.76 bits per heavy atom. The third kappa shape index (κ3) is 2.54. The van der Waals surface area contributed by atoms with Gasteiger partial charge in [-0.15, -0.1) is 0 Å². The quantitative estimate of drug-likeness (QED) is 0.737. The van der Waals surface area contributed by atoms with Crippen LogP contribution in [0.3, 0.4) is 0 Å². The summed E-state index contributed by atoms with van der Waals surface area (Å²) in [5.41, 5.74) is 4.08. The van der Waals surface area contributed by atoms with E-state index < -0.39 is 0 Å². The molecule has 0 fully saturated rings. The molecule has 0 radical (unpaired) electrons. The third-order valence-corrected chi connectivity index (χ3v) is 3.58. The first-order chi connectivity index (χ1) is 10.2. The second-order valence-electron chi connectivity index (χ2n) is 4.76. The van der Waals surface area contributed by atoms with E-state index in [1.807, 2.05) is 49.4 Å². The highest BCUT2D eigenvalue weighted by Crippen LogP contribution is 2.30. The molecule has 4 heteroatoms. The highest BCUT2D eigenvalue weighted by atomic mass is 35.5. The first-order valence-electron chi connectivity index (χ1n) is 6.50. The molecule has 0 bridgehead atoms. The minimum absolute atomic E-state index is 0.517. The van der Waals surface area contributed by atoms with Crippen molar-refractivity contribution >= 4 is 33.9 Å². The van der Waals surface area contributed by atoms with Crippen LogP contribution in [0.15, 0.2) is 48.7 Å². The Labute approximate surface area is 127 Å². The summed E-state index contributed by atoms with van der Waals surface area (Å²) in [7, 11) is 0. The Morgan fingerprint density at radius 1 is 1.19 bits per heavy atom. The Kier molecular flexibility index (Phi) is 3.47. The standard InChI is InChI=1S/C17H12ClN3/c1-11-8-13(18)6-7-15(11)21-17-12(9-19)10-20-16-5-3-2-4-14(16)17/h2-8,10H,1H3,(H,20,21).